The van der Waals surface area contributed by atoms with Gasteiger partial charge in [-0.2, -0.15) is 0 Å². The molecule has 1 atom stereocenters. The van der Waals surface area contributed by atoms with Gasteiger partial charge in [0.25, 0.3) is 0 Å². The lowest BCUT2D eigenvalue weighted by Gasteiger charge is -2.10. The third kappa shape index (κ3) is 7.78. The van der Waals surface area contributed by atoms with E-state index in [9.17, 15) is 9.59 Å². The van der Waals surface area contributed by atoms with Gasteiger partial charge in [-0.1, -0.05) is 20.3 Å². The van der Waals surface area contributed by atoms with Crippen LogP contribution in [0.25, 0.3) is 0 Å². The monoisotopic (exact) mass is 216 g/mol. The van der Waals surface area contributed by atoms with Crippen molar-refractivity contribution in [3.63, 3.8) is 0 Å². The van der Waals surface area contributed by atoms with Crippen molar-refractivity contribution in [3.05, 3.63) is 0 Å². The summed E-state index contributed by atoms with van der Waals surface area (Å²) in [6, 6.07) is -0.330. The minimum atomic E-state index is -0.420. The van der Waals surface area contributed by atoms with E-state index in [2.05, 4.69) is 22.3 Å². The molecule has 0 aliphatic rings. The Labute approximate surface area is 90.6 Å². The summed E-state index contributed by atoms with van der Waals surface area (Å²) in [5, 5.41) is 5.10. The Morgan fingerprint density at radius 2 is 1.93 bits per heavy atom. The molecule has 0 radical (unpaired) electrons. The van der Waals surface area contributed by atoms with Gasteiger partial charge < -0.3 is 15.4 Å². The van der Waals surface area contributed by atoms with Crippen LogP contribution in [-0.2, 0) is 9.53 Å². The molecule has 0 aliphatic carbocycles. The van der Waals surface area contributed by atoms with Crippen LogP contribution in [0.1, 0.15) is 27.2 Å². The highest BCUT2D eigenvalue weighted by atomic mass is 16.5. The zero-order valence-electron chi connectivity index (χ0n) is 9.63. The fourth-order valence-electron chi connectivity index (χ4n) is 0.838. The van der Waals surface area contributed by atoms with E-state index >= 15 is 0 Å². The molecule has 0 fully saturated rings. The summed E-state index contributed by atoms with van der Waals surface area (Å²) in [5.74, 6) is 0.0227. The zero-order valence-corrected chi connectivity index (χ0v) is 9.63. The highest BCUT2D eigenvalue weighted by molar-refractivity contribution is 5.80. The van der Waals surface area contributed by atoms with Crippen molar-refractivity contribution in [2.45, 2.75) is 27.2 Å². The molecule has 2 amide bonds. The topological polar surface area (TPSA) is 67.4 Å². The summed E-state index contributed by atoms with van der Waals surface area (Å²) in [4.78, 5) is 22.0. The molecular weight excluding hydrogens is 196 g/mol. The second-order valence-electron chi connectivity index (χ2n) is 3.38. The lowest BCUT2D eigenvalue weighted by atomic mass is 10.1. The molecule has 15 heavy (non-hydrogen) atoms. The maximum absolute atomic E-state index is 11.1. The first-order valence-corrected chi connectivity index (χ1v) is 5.27. The van der Waals surface area contributed by atoms with Gasteiger partial charge in [-0.05, 0) is 12.8 Å². The van der Waals surface area contributed by atoms with Gasteiger partial charge in [0.2, 0.25) is 0 Å². The first-order valence-electron chi connectivity index (χ1n) is 5.27. The van der Waals surface area contributed by atoms with Crippen molar-refractivity contribution in [2.75, 3.05) is 19.7 Å². The Bertz CT molecular complexity index is 207. The summed E-state index contributed by atoms with van der Waals surface area (Å²) in [6.07, 6.45) is 1.01. The first-order chi connectivity index (χ1) is 7.10. The number of carbonyl (C=O) groups excluding carboxylic acids is 2. The molecule has 0 heterocycles. The number of carbonyl (C=O) groups is 2. The van der Waals surface area contributed by atoms with Gasteiger partial charge in [-0.15, -0.1) is 0 Å². The van der Waals surface area contributed by atoms with Gasteiger partial charge in [-0.25, -0.2) is 4.79 Å². The standard InChI is InChI=1S/C10H20N2O3/c1-4-8(3)6-11-10(14)12-7-9(13)15-5-2/h8H,4-7H2,1-3H3,(H2,11,12,14). The summed E-state index contributed by atoms with van der Waals surface area (Å²) >= 11 is 0. The maximum Gasteiger partial charge on any atom is 0.325 e. The average Bonchev–Trinajstić information content (AvgIpc) is 2.23. The fourth-order valence-corrected chi connectivity index (χ4v) is 0.838. The molecule has 0 aliphatic heterocycles. The number of nitrogens with one attached hydrogen (secondary N) is 2. The number of esters is 1. The zero-order chi connectivity index (χ0) is 11.7. The number of rotatable bonds is 6. The van der Waals surface area contributed by atoms with Gasteiger partial charge in [0.15, 0.2) is 0 Å². The van der Waals surface area contributed by atoms with Crippen LogP contribution in [0.2, 0.25) is 0 Å². The van der Waals surface area contributed by atoms with Gasteiger partial charge in [0.1, 0.15) is 6.54 Å². The van der Waals surface area contributed by atoms with Crippen molar-refractivity contribution < 1.29 is 14.3 Å². The van der Waals surface area contributed by atoms with Crippen molar-refractivity contribution in [1.82, 2.24) is 10.6 Å². The predicted octanol–water partition coefficient (Wildman–Crippen LogP) is 0.895. The number of amides is 2. The number of hydrogen-bond donors (Lipinski definition) is 2. The molecule has 0 aromatic rings. The van der Waals surface area contributed by atoms with Crippen LogP contribution in [0.15, 0.2) is 0 Å². The molecule has 2 N–H and O–H groups in total. The van der Waals surface area contributed by atoms with Crippen molar-refractivity contribution in [2.24, 2.45) is 5.92 Å². The molecule has 0 aromatic carbocycles. The molecule has 5 nitrogen and oxygen atoms in total. The van der Waals surface area contributed by atoms with E-state index in [1.807, 2.05) is 6.92 Å². The number of urea groups is 1. The van der Waals surface area contributed by atoms with Crippen LogP contribution < -0.4 is 10.6 Å². The van der Waals surface area contributed by atoms with Crippen molar-refractivity contribution >= 4 is 12.0 Å². The third-order valence-corrected chi connectivity index (χ3v) is 2.01. The molecule has 5 heteroatoms. The van der Waals surface area contributed by atoms with Crippen LogP contribution in [0, 0.1) is 5.92 Å². The molecule has 0 saturated heterocycles. The lowest BCUT2D eigenvalue weighted by molar-refractivity contribution is -0.141. The van der Waals surface area contributed by atoms with Crippen molar-refractivity contribution in [3.8, 4) is 0 Å². The normalized spacial score (nSPS) is 11.7. The van der Waals surface area contributed by atoms with Crippen LogP contribution in [0.4, 0.5) is 4.79 Å². The quantitative estimate of drug-likeness (QED) is 0.648. The van der Waals surface area contributed by atoms with Gasteiger partial charge in [-0.3, -0.25) is 4.79 Å². The van der Waals surface area contributed by atoms with Gasteiger partial charge in [0.05, 0.1) is 6.61 Å². The lowest BCUT2D eigenvalue weighted by Crippen LogP contribution is -2.40. The van der Waals surface area contributed by atoms with Crippen LogP contribution in [0.3, 0.4) is 0 Å². The highest BCUT2D eigenvalue weighted by Gasteiger charge is 2.06. The van der Waals surface area contributed by atoms with E-state index in [1.165, 1.54) is 0 Å². The Hall–Kier alpha value is -1.26. The first kappa shape index (κ1) is 13.7. The molecule has 0 saturated carbocycles. The summed E-state index contributed by atoms with van der Waals surface area (Å²) in [6.45, 7) is 6.69. The maximum atomic E-state index is 11.1. The van der Waals surface area contributed by atoms with E-state index in [1.54, 1.807) is 6.92 Å². The van der Waals surface area contributed by atoms with Crippen LogP contribution in [0.5, 0.6) is 0 Å². The van der Waals surface area contributed by atoms with E-state index in [0.29, 0.717) is 19.1 Å². The minimum Gasteiger partial charge on any atom is -0.465 e. The highest BCUT2D eigenvalue weighted by Crippen LogP contribution is 1.96. The largest absolute Gasteiger partial charge is 0.465 e. The van der Waals surface area contributed by atoms with Crippen LogP contribution >= 0.6 is 0 Å². The van der Waals surface area contributed by atoms with E-state index in [-0.39, 0.29) is 12.6 Å². The van der Waals surface area contributed by atoms with Gasteiger partial charge in [0, 0.05) is 6.54 Å². The molecule has 1 unspecified atom stereocenters. The number of hydrogen-bond acceptors (Lipinski definition) is 3. The Morgan fingerprint density at radius 1 is 1.27 bits per heavy atom. The van der Waals surface area contributed by atoms with Gasteiger partial charge >= 0.3 is 12.0 Å². The fraction of sp³-hybridized carbons (Fsp3) is 0.800. The Morgan fingerprint density at radius 3 is 2.47 bits per heavy atom. The molecule has 88 valence electrons. The van der Waals surface area contributed by atoms with E-state index in [4.69, 9.17) is 0 Å². The minimum absolute atomic E-state index is 0.0832. The molecule has 0 spiro atoms. The summed E-state index contributed by atoms with van der Waals surface area (Å²) in [7, 11) is 0. The molecule has 0 rings (SSSR count). The predicted molar refractivity (Wildman–Crippen MR) is 57.5 cm³/mol. The Balaban J connectivity index is 3.53. The molecule has 0 bridgehead atoms. The van der Waals surface area contributed by atoms with Crippen LogP contribution in [-0.4, -0.2) is 31.7 Å². The van der Waals surface area contributed by atoms with E-state index in [0.717, 1.165) is 6.42 Å². The second-order valence-corrected chi connectivity index (χ2v) is 3.38. The molecular formula is C10H20N2O3. The Kier molecular flexibility index (Phi) is 7.40. The summed E-state index contributed by atoms with van der Waals surface area (Å²) < 4.78 is 4.66. The smallest absolute Gasteiger partial charge is 0.325 e. The third-order valence-electron chi connectivity index (χ3n) is 2.01. The molecule has 0 aromatic heterocycles. The SMILES string of the molecule is CCOC(=O)CNC(=O)NCC(C)CC. The van der Waals surface area contributed by atoms with E-state index < -0.39 is 5.97 Å². The van der Waals surface area contributed by atoms with Crippen molar-refractivity contribution in [1.29, 1.82) is 0 Å². The average molecular weight is 216 g/mol. The summed E-state index contributed by atoms with van der Waals surface area (Å²) in [5.41, 5.74) is 0. The second kappa shape index (κ2) is 8.08. The number of ether oxygens (including phenoxy) is 1.